The SMILES string of the molecule is N/C(=N/O)c1cccn1-c1ncccn1. The third-order valence-electron chi connectivity index (χ3n) is 1.89. The van der Waals surface area contributed by atoms with Gasteiger partial charge in [-0.1, -0.05) is 5.16 Å². The van der Waals surface area contributed by atoms with Crippen molar-refractivity contribution in [2.24, 2.45) is 10.9 Å². The van der Waals surface area contributed by atoms with Gasteiger partial charge in [-0.25, -0.2) is 9.97 Å². The maximum Gasteiger partial charge on any atom is 0.234 e. The fourth-order valence-corrected chi connectivity index (χ4v) is 1.23. The van der Waals surface area contributed by atoms with E-state index in [1.54, 1.807) is 41.4 Å². The van der Waals surface area contributed by atoms with Gasteiger partial charge in [-0.15, -0.1) is 0 Å². The lowest BCUT2D eigenvalue weighted by atomic mass is 10.4. The molecular formula is C9H9N5O. The molecule has 0 aliphatic heterocycles. The van der Waals surface area contributed by atoms with E-state index in [9.17, 15) is 0 Å². The molecule has 0 spiro atoms. The highest BCUT2D eigenvalue weighted by atomic mass is 16.4. The molecule has 76 valence electrons. The average molecular weight is 203 g/mol. The van der Waals surface area contributed by atoms with Crippen LogP contribution < -0.4 is 5.73 Å². The Bertz CT molecular complexity index is 476. The highest BCUT2D eigenvalue weighted by Crippen LogP contribution is 2.06. The highest BCUT2D eigenvalue weighted by molar-refractivity contribution is 5.96. The predicted molar refractivity (Wildman–Crippen MR) is 53.9 cm³/mol. The van der Waals surface area contributed by atoms with Gasteiger partial charge in [-0.05, 0) is 18.2 Å². The summed E-state index contributed by atoms with van der Waals surface area (Å²) < 4.78 is 1.63. The largest absolute Gasteiger partial charge is 0.409 e. The first-order chi connectivity index (χ1) is 7.33. The van der Waals surface area contributed by atoms with E-state index in [1.165, 1.54) is 0 Å². The molecule has 0 aromatic carbocycles. The molecule has 0 saturated heterocycles. The van der Waals surface area contributed by atoms with Crippen LogP contribution in [0.4, 0.5) is 0 Å². The van der Waals surface area contributed by atoms with Crippen molar-refractivity contribution in [3.8, 4) is 5.95 Å². The molecule has 0 saturated carbocycles. The number of nitrogens with zero attached hydrogens (tertiary/aromatic N) is 4. The lowest BCUT2D eigenvalue weighted by Gasteiger charge is -2.04. The summed E-state index contributed by atoms with van der Waals surface area (Å²) in [4.78, 5) is 8.12. The molecule has 6 heteroatoms. The predicted octanol–water partition coefficient (Wildman–Crippen LogP) is 0.362. The first-order valence-corrected chi connectivity index (χ1v) is 4.25. The maximum atomic E-state index is 8.59. The zero-order chi connectivity index (χ0) is 10.7. The Labute approximate surface area is 85.7 Å². The third-order valence-corrected chi connectivity index (χ3v) is 1.89. The van der Waals surface area contributed by atoms with Gasteiger partial charge in [-0.2, -0.15) is 0 Å². The molecule has 15 heavy (non-hydrogen) atoms. The fourth-order valence-electron chi connectivity index (χ4n) is 1.23. The van der Waals surface area contributed by atoms with E-state index in [0.29, 0.717) is 11.6 Å². The van der Waals surface area contributed by atoms with Crippen molar-refractivity contribution < 1.29 is 5.21 Å². The van der Waals surface area contributed by atoms with Gasteiger partial charge in [0.25, 0.3) is 0 Å². The summed E-state index contributed by atoms with van der Waals surface area (Å²) in [5.74, 6) is 0.497. The highest BCUT2D eigenvalue weighted by Gasteiger charge is 2.08. The summed E-state index contributed by atoms with van der Waals surface area (Å²) in [7, 11) is 0. The summed E-state index contributed by atoms with van der Waals surface area (Å²) in [5.41, 5.74) is 6.05. The molecule has 0 radical (unpaired) electrons. The van der Waals surface area contributed by atoms with Crippen LogP contribution in [0.2, 0.25) is 0 Å². The standard InChI is InChI=1S/C9H9N5O/c10-8(13-15)7-3-1-6-14(7)9-11-4-2-5-12-9/h1-6,15H,(H2,10,13). The zero-order valence-electron chi connectivity index (χ0n) is 7.78. The van der Waals surface area contributed by atoms with E-state index < -0.39 is 0 Å². The van der Waals surface area contributed by atoms with E-state index in [4.69, 9.17) is 10.9 Å². The average Bonchev–Trinajstić information content (AvgIpc) is 2.78. The van der Waals surface area contributed by atoms with Crippen molar-refractivity contribution in [2.45, 2.75) is 0 Å². The molecule has 0 aliphatic carbocycles. The Morgan fingerprint density at radius 1 is 1.33 bits per heavy atom. The summed E-state index contributed by atoms with van der Waals surface area (Å²) >= 11 is 0. The molecule has 6 nitrogen and oxygen atoms in total. The van der Waals surface area contributed by atoms with Crippen molar-refractivity contribution in [2.75, 3.05) is 0 Å². The molecule has 0 fully saturated rings. The van der Waals surface area contributed by atoms with Crippen LogP contribution in [-0.4, -0.2) is 25.6 Å². The van der Waals surface area contributed by atoms with Gasteiger partial charge >= 0.3 is 0 Å². The van der Waals surface area contributed by atoms with E-state index in [0.717, 1.165) is 0 Å². The maximum absolute atomic E-state index is 8.59. The lowest BCUT2D eigenvalue weighted by Crippen LogP contribution is -2.18. The number of rotatable bonds is 2. The normalized spacial score (nSPS) is 11.6. The topological polar surface area (TPSA) is 89.3 Å². The summed E-state index contributed by atoms with van der Waals surface area (Å²) in [6, 6.07) is 5.20. The van der Waals surface area contributed by atoms with E-state index >= 15 is 0 Å². The van der Waals surface area contributed by atoms with Gasteiger partial charge in [-0.3, -0.25) is 4.57 Å². The molecule has 2 heterocycles. The number of oxime groups is 1. The fraction of sp³-hybridized carbons (Fsp3) is 0. The third kappa shape index (κ3) is 1.64. The molecule has 3 N–H and O–H groups in total. The van der Waals surface area contributed by atoms with Crippen LogP contribution in [0.25, 0.3) is 5.95 Å². The molecule has 2 aromatic heterocycles. The Balaban J connectivity index is 2.51. The van der Waals surface area contributed by atoms with E-state index in [2.05, 4.69) is 15.1 Å². The van der Waals surface area contributed by atoms with Crippen molar-refractivity contribution >= 4 is 5.84 Å². The van der Waals surface area contributed by atoms with Gasteiger partial charge < -0.3 is 10.9 Å². The van der Waals surface area contributed by atoms with E-state index in [1.807, 2.05) is 0 Å². The number of amidine groups is 1. The number of nitrogens with two attached hydrogens (primary N) is 1. The lowest BCUT2D eigenvalue weighted by molar-refractivity contribution is 0.318. The summed E-state index contributed by atoms with van der Waals surface area (Å²) in [6.45, 7) is 0. The van der Waals surface area contributed by atoms with Gasteiger partial charge in [0.2, 0.25) is 5.95 Å². The number of hydrogen-bond acceptors (Lipinski definition) is 4. The Morgan fingerprint density at radius 2 is 2.07 bits per heavy atom. The monoisotopic (exact) mass is 203 g/mol. The van der Waals surface area contributed by atoms with Crippen molar-refractivity contribution in [1.82, 2.24) is 14.5 Å². The summed E-state index contributed by atoms with van der Waals surface area (Å²) in [6.07, 6.45) is 4.99. The van der Waals surface area contributed by atoms with Gasteiger partial charge in [0.05, 0.1) is 5.69 Å². The second kappa shape index (κ2) is 3.79. The first-order valence-electron chi connectivity index (χ1n) is 4.25. The van der Waals surface area contributed by atoms with Crippen LogP contribution in [0, 0.1) is 0 Å². The van der Waals surface area contributed by atoms with Gasteiger partial charge in [0.15, 0.2) is 5.84 Å². The zero-order valence-corrected chi connectivity index (χ0v) is 7.78. The minimum Gasteiger partial charge on any atom is -0.409 e. The van der Waals surface area contributed by atoms with Crippen molar-refractivity contribution in [3.05, 3.63) is 42.5 Å². The quantitative estimate of drug-likeness (QED) is 0.319. The molecule has 0 bridgehead atoms. The molecule has 0 unspecified atom stereocenters. The summed E-state index contributed by atoms with van der Waals surface area (Å²) in [5, 5.41) is 11.5. The minimum atomic E-state index is 0.0208. The molecule has 0 amide bonds. The molecule has 0 aliphatic rings. The van der Waals surface area contributed by atoms with Gasteiger partial charge in [0.1, 0.15) is 0 Å². The molecular weight excluding hydrogens is 194 g/mol. The van der Waals surface area contributed by atoms with Crippen LogP contribution in [0.3, 0.4) is 0 Å². The molecule has 2 rings (SSSR count). The van der Waals surface area contributed by atoms with Crippen LogP contribution in [0.15, 0.2) is 41.9 Å². The Hall–Kier alpha value is -2.37. The van der Waals surface area contributed by atoms with Crippen molar-refractivity contribution in [3.63, 3.8) is 0 Å². The smallest absolute Gasteiger partial charge is 0.234 e. The molecule has 2 aromatic rings. The first kappa shape index (κ1) is 9.20. The Kier molecular flexibility index (Phi) is 2.32. The second-order valence-corrected chi connectivity index (χ2v) is 2.80. The second-order valence-electron chi connectivity index (χ2n) is 2.80. The Morgan fingerprint density at radius 3 is 2.73 bits per heavy atom. The van der Waals surface area contributed by atoms with Gasteiger partial charge in [0, 0.05) is 18.6 Å². The number of aromatic nitrogens is 3. The van der Waals surface area contributed by atoms with Crippen LogP contribution in [0.1, 0.15) is 5.69 Å². The van der Waals surface area contributed by atoms with Crippen LogP contribution >= 0.6 is 0 Å². The van der Waals surface area contributed by atoms with Crippen LogP contribution in [-0.2, 0) is 0 Å². The van der Waals surface area contributed by atoms with E-state index in [-0.39, 0.29) is 5.84 Å². The minimum absolute atomic E-state index is 0.0208. The van der Waals surface area contributed by atoms with Crippen LogP contribution in [0.5, 0.6) is 0 Å². The molecule has 0 atom stereocenters. The number of hydrogen-bond donors (Lipinski definition) is 2. The van der Waals surface area contributed by atoms with Crippen molar-refractivity contribution in [1.29, 1.82) is 0 Å².